The molecular formula is C12H13ClO4. The Labute approximate surface area is 104 Å². The van der Waals surface area contributed by atoms with Crippen molar-refractivity contribution >= 4 is 23.9 Å². The maximum absolute atomic E-state index is 10.7. The first kappa shape index (κ1) is 13.7. The number of carbonyl (C=O) groups is 2. The maximum Gasteiger partial charge on any atom is 0.337 e. The van der Waals surface area contributed by atoms with E-state index in [-0.39, 0.29) is 5.88 Å². The van der Waals surface area contributed by atoms with Gasteiger partial charge in [0, 0.05) is 12.3 Å². The van der Waals surface area contributed by atoms with Gasteiger partial charge in [0.2, 0.25) is 0 Å². The van der Waals surface area contributed by atoms with Crippen LogP contribution in [-0.2, 0) is 21.9 Å². The van der Waals surface area contributed by atoms with Crippen LogP contribution in [0.4, 0.5) is 0 Å². The molecule has 0 fully saturated rings. The van der Waals surface area contributed by atoms with Crippen molar-refractivity contribution in [3.8, 4) is 0 Å². The van der Waals surface area contributed by atoms with E-state index in [2.05, 4.69) is 0 Å². The number of alkyl halides is 1. The second kappa shape index (κ2) is 6.37. The van der Waals surface area contributed by atoms with Crippen LogP contribution in [0.15, 0.2) is 18.2 Å². The number of aldehydes is 1. The van der Waals surface area contributed by atoms with Crippen molar-refractivity contribution in [2.24, 2.45) is 0 Å². The minimum atomic E-state index is -1.57. The number of hydrogen-bond donors (Lipinski definition) is 2. The maximum atomic E-state index is 10.7. The molecule has 0 aliphatic heterocycles. The summed E-state index contributed by atoms with van der Waals surface area (Å²) >= 11 is 5.71. The number of aliphatic hydroxyl groups is 1. The minimum absolute atomic E-state index is 0.120. The van der Waals surface area contributed by atoms with Crippen LogP contribution in [0.3, 0.4) is 0 Å². The van der Waals surface area contributed by atoms with Gasteiger partial charge in [0.1, 0.15) is 6.29 Å². The smallest absolute Gasteiger partial charge is 0.337 e. The first-order chi connectivity index (χ1) is 8.10. The lowest BCUT2D eigenvalue weighted by molar-refractivity contribution is -0.147. The molecule has 1 aromatic rings. The van der Waals surface area contributed by atoms with Gasteiger partial charge in [0.15, 0.2) is 6.10 Å². The Balaban J connectivity index is 3.00. The second-order valence-corrected chi connectivity index (χ2v) is 3.88. The average Bonchev–Trinajstić information content (AvgIpc) is 2.34. The lowest BCUT2D eigenvalue weighted by Gasteiger charge is -2.12. The Hall–Kier alpha value is -1.39. The monoisotopic (exact) mass is 256 g/mol. The Morgan fingerprint density at radius 3 is 2.71 bits per heavy atom. The number of halogens is 1. The van der Waals surface area contributed by atoms with E-state index in [9.17, 15) is 14.7 Å². The van der Waals surface area contributed by atoms with Crippen LogP contribution in [0.1, 0.15) is 29.2 Å². The van der Waals surface area contributed by atoms with E-state index in [0.29, 0.717) is 24.0 Å². The highest BCUT2D eigenvalue weighted by Crippen LogP contribution is 2.22. The number of hydrogen-bond acceptors (Lipinski definition) is 3. The zero-order valence-electron chi connectivity index (χ0n) is 9.10. The fourth-order valence-corrected chi connectivity index (χ4v) is 1.79. The molecule has 0 saturated carbocycles. The summed E-state index contributed by atoms with van der Waals surface area (Å²) in [5.41, 5.74) is 1.77. The molecule has 5 heteroatoms. The molecule has 0 amide bonds. The van der Waals surface area contributed by atoms with E-state index in [1.54, 1.807) is 12.1 Å². The van der Waals surface area contributed by atoms with Crippen molar-refractivity contribution in [2.45, 2.75) is 24.8 Å². The molecule has 1 atom stereocenters. The molecule has 17 heavy (non-hydrogen) atoms. The van der Waals surface area contributed by atoms with Crippen LogP contribution in [0.25, 0.3) is 0 Å². The molecule has 0 bridgehead atoms. The summed E-state index contributed by atoms with van der Waals surface area (Å²) in [6, 6.07) is 4.95. The Kier molecular flexibility index (Phi) is 5.12. The highest BCUT2D eigenvalue weighted by atomic mass is 35.5. The number of aryl methyl sites for hydroxylation is 1. The molecule has 1 aromatic carbocycles. The number of carbonyl (C=O) groups excluding carboxylic acids is 1. The van der Waals surface area contributed by atoms with Gasteiger partial charge in [-0.25, -0.2) is 4.79 Å². The number of benzene rings is 1. The van der Waals surface area contributed by atoms with Gasteiger partial charge >= 0.3 is 5.97 Å². The van der Waals surface area contributed by atoms with Crippen molar-refractivity contribution in [3.05, 3.63) is 34.9 Å². The third-order valence-electron chi connectivity index (χ3n) is 2.43. The van der Waals surface area contributed by atoms with Crippen molar-refractivity contribution < 1.29 is 19.8 Å². The van der Waals surface area contributed by atoms with Crippen LogP contribution < -0.4 is 0 Å². The molecule has 2 N–H and O–H groups in total. The van der Waals surface area contributed by atoms with Crippen molar-refractivity contribution in [2.75, 3.05) is 0 Å². The molecule has 0 spiro atoms. The number of carboxylic acid groups (broad SMARTS) is 1. The summed E-state index contributed by atoms with van der Waals surface area (Å²) in [5.74, 6) is -1.19. The molecule has 0 radical (unpaired) electrons. The van der Waals surface area contributed by atoms with Gasteiger partial charge in [0.05, 0.1) is 0 Å². The van der Waals surface area contributed by atoms with Crippen LogP contribution in [0.5, 0.6) is 0 Å². The summed E-state index contributed by atoms with van der Waals surface area (Å²) in [5, 5.41) is 18.2. The van der Waals surface area contributed by atoms with Gasteiger partial charge in [-0.1, -0.05) is 18.2 Å². The zero-order valence-corrected chi connectivity index (χ0v) is 9.85. The summed E-state index contributed by atoms with van der Waals surface area (Å²) in [7, 11) is 0. The molecule has 1 unspecified atom stereocenters. The first-order valence-corrected chi connectivity index (χ1v) is 5.65. The predicted octanol–water partition coefficient (Wildman–Crippen LogP) is 1.67. The molecule has 0 heterocycles. The third-order valence-corrected chi connectivity index (χ3v) is 2.72. The molecule has 0 aliphatic rings. The average molecular weight is 257 g/mol. The number of aliphatic hydroxyl groups excluding tert-OH is 1. The van der Waals surface area contributed by atoms with Gasteiger partial charge in [0.25, 0.3) is 0 Å². The van der Waals surface area contributed by atoms with Gasteiger partial charge in [-0.2, -0.15) is 0 Å². The quantitative estimate of drug-likeness (QED) is 0.600. The topological polar surface area (TPSA) is 74.6 Å². The lowest BCUT2D eigenvalue weighted by Crippen LogP contribution is -2.12. The standard InChI is InChI=1S/C12H13ClO4/c13-7-9-6-8(2-1-5-14)3-4-10(9)11(15)12(16)17/h3-6,11,15H,1-2,7H2,(H,16,17). The highest BCUT2D eigenvalue weighted by Gasteiger charge is 2.19. The Bertz CT molecular complexity index is 417. The highest BCUT2D eigenvalue weighted by molar-refractivity contribution is 6.17. The van der Waals surface area contributed by atoms with E-state index in [0.717, 1.165) is 11.8 Å². The van der Waals surface area contributed by atoms with Crippen molar-refractivity contribution in [1.82, 2.24) is 0 Å². The fraction of sp³-hybridized carbons (Fsp3) is 0.333. The lowest BCUT2D eigenvalue weighted by atomic mass is 9.99. The van der Waals surface area contributed by atoms with Gasteiger partial charge in [-0.15, -0.1) is 11.6 Å². The first-order valence-electron chi connectivity index (χ1n) is 5.12. The van der Waals surface area contributed by atoms with Crippen molar-refractivity contribution in [3.63, 3.8) is 0 Å². The largest absolute Gasteiger partial charge is 0.479 e. The van der Waals surface area contributed by atoms with Crippen LogP contribution in [0, 0.1) is 0 Å². The molecule has 0 aromatic heterocycles. The Morgan fingerprint density at radius 2 is 2.18 bits per heavy atom. The zero-order chi connectivity index (χ0) is 12.8. The minimum Gasteiger partial charge on any atom is -0.479 e. The SMILES string of the molecule is O=CCCc1ccc(C(O)C(=O)O)c(CCl)c1. The molecular weight excluding hydrogens is 244 g/mol. The van der Waals surface area contributed by atoms with Crippen LogP contribution in [-0.4, -0.2) is 22.5 Å². The summed E-state index contributed by atoms with van der Waals surface area (Å²) in [6.07, 6.45) is 0.239. The van der Waals surface area contributed by atoms with E-state index in [4.69, 9.17) is 16.7 Å². The third kappa shape index (κ3) is 3.54. The van der Waals surface area contributed by atoms with Crippen LogP contribution in [0.2, 0.25) is 0 Å². The molecule has 92 valence electrons. The molecule has 0 aliphatic carbocycles. The van der Waals surface area contributed by atoms with E-state index >= 15 is 0 Å². The fourth-order valence-electron chi connectivity index (χ4n) is 1.56. The van der Waals surface area contributed by atoms with E-state index < -0.39 is 12.1 Å². The summed E-state index contributed by atoms with van der Waals surface area (Å²) < 4.78 is 0. The normalized spacial score (nSPS) is 12.1. The summed E-state index contributed by atoms with van der Waals surface area (Å²) in [6.45, 7) is 0. The second-order valence-electron chi connectivity index (χ2n) is 3.61. The van der Waals surface area contributed by atoms with E-state index in [1.165, 1.54) is 6.07 Å². The molecule has 4 nitrogen and oxygen atoms in total. The molecule has 0 saturated heterocycles. The molecule has 1 rings (SSSR count). The predicted molar refractivity (Wildman–Crippen MR) is 63.0 cm³/mol. The number of rotatable bonds is 6. The van der Waals surface area contributed by atoms with E-state index in [1.807, 2.05) is 0 Å². The van der Waals surface area contributed by atoms with Gasteiger partial charge in [-0.3, -0.25) is 0 Å². The van der Waals surface area contributed by atoms with Gasteiger partial charge in [-0.05, 0) is 23.1 Å². The summed E-state index contributed by atoms with van der Waals surface area (Å²) in [4.78, 5) is 20.9. The van der Waals surface area contributed by atoms with Crippen molar-refractivity contribution in [1.29, 1.82) is 0 Å². The number of aliphatic carboxylic acids is 1. The van der Waals surface area contributed by atoms with Crippen LogP contribution >= 0.6 is 11.6 Å². The van der Waals surface area contributed by atoms with Gasteiger partial charge < -0.3 is 15.0 Å². The Morgan fingerprint density at radius 1 is 1.47 bits per heavy atom. The number of carboxylic acids is 1.